The van der Waals surface area contributed by atoms with E-state index >= 15 is 0 Å². The van der Waals surface area contributed by atoms with E-state index in [2.05, 4.69) is 70.9 Å². The van der Waals surface area contributed by atoms with Crippen molar-refractivity contribution in [3.8, 4) is 0 Å². The molecule has 121 valence electrons. The van der Waals surface area contributed by atoms with Gasteiger partial charge in [-0.15, -0.1) is 15.8 Å². The predicted molar refractivity (Wildman–Crippen MR) is 92.8 cm³/mol. The molecule has 0 aromatic heterocycles. The Morgan fingerprint density at radius 3 is 0.850 bits per heavy atom. The molecule has 5 heteroatoms. The SMILES string of the molecule is CP(C)CP(C)C.C[C]1[C](C)[C](C)[C](C)[C]1C.[Cl-].[Cl][Ir+2]. The molecule has 0 bridgehead atoms. The standard InChI is InChI=1S/C10H15.C5H14P2.2ClH.Ir/c1-6-7(2)9(4)10(5)8(6)3;1-6(2)5-7(3)4;;;/h1-5H3;5H2,1-4H3;2*1H;/q;;;;+3/p-2. The van der Waals surface area contributed by atoms with Crippen LogP contribution >= 0.6 is 25.4 Å². The summed E-state index contributed by atoms with van der Waals surface area (Å²) in [6.07, 6.45) is 0. The molecule has 0 aromatic rings. The summed E-state index contributed by atoms with van der Waals surface area (Å²) in [5, 5.41) is 0. The van der Waals surface area contributed by atoms with Crippen molar-refractivity contribution in [2.75, 3.05) is 32.6 Å². The van der Waals surface area contributed by atoms with Gasteiger partial charge in [-0.1, -0.05) is 34.6 Å². The molecule has 1 rings (SSSR count). The fraction of sp³-hybridized carbons (Fsp3) is 0.667. The summed E-state index contributed by atoms with van der Waals surface area (Å²) in [6.45, 7) is 20.4. The summed E-state index contributed by atoms with van der Waals surface area (Å²) in [5.74, 6) is 8.83. The van der Waals surface area contributed by atoms with Gasteiger partial charge < -0.3 is 12.4 Å². The molecule has 0 unspecified atom stereocenters. The summed E-state index contributed by atoms with van der Waals surface area (Å²) in [5.41, 5.74) is 0. The van der Waals surface area contributed by atoms with Gasteiger partial charge in [-0.05, 0) is 62.2 Å². The summed E-state index contributed by atoms with van der Waals surface area (Å²) in [6, 6.07) is 0. The Labute approximate surface area is 152 Å². The van der Waals surface area contributed by atoms with Crippen molar-refractivity contribution >= 4 is 25.4 Å². The monoisotopic (exact) mass is 534 g/mol. The molecule has 0 amide bonds. The van der Waals surface area contributed by atoms with Crippen molar-refractivity contribution in [1.82, 2.24) is 0 Å². The molecular weight excluding hydrogens is 505 g/mol. The van der Waals surface area contributed by atoms with Gasteiger partial charge in [0.2, 0.25) is 0 Å². The molecule has 0 N–H and O–H groups in total. The van der Waals surface area contributed by atoms with Crippen molar-refractivity contribution in [3.63, 3.8) is 0 Å². The first-order chi connectivity index (χ1) is 8.68. The van der Waals surface area contributed by atoms with Crippen LogP contribution in [0.1, 0.15) is 34.6 Å². The van der Waals surface area contributed by atoms with E-state index in [1.54, 1.807) is 0 Å². The van der Waals surface area contributed by atoms with E-state index in [1.165, 1.54) is 53.4 Å². The Bertz CT molecular complexity index is 165. The van der Waals surface area contributed by atoms with Crippen LogP contribution in [0.3, 0.4) is 0 Å². The Hall–Kier alpha value is 2.09. The second-order valence-electron chi connectivity index (χ2n) is 5.43. The van der Waals surface area contributed by atoms with Crippen molar-refractivity contribution in [2.45, 2.75) is 34.6 Å². The van der Waals surface area contributed by atoms with E-state index in [4.69, 9.17) is 0 Å². The van der Waals surface area contributed by atoms with Crippen molar-refractivity contribution in [3.05, 3.63) is 29.6 Å². The Balaban J connectivity index is -0.000000258. The predicted octanol–water partition coefficient (Wildman–Crippen LogP) is 3.09. The maximum absolute atomic E-state index is 4.64. The fourth-order valence-electron chi connectivity index (χ4n) is 1.97. The zero-order valence-corrected chi connectivity index (χ0v) is 19.9. The van der Waals surface area contributed by atoms with Crippen LogP contribution in [0.5, 0.6) is 0 Å². The van der Waals surface area contributed by atoms with Gasteiger partial charge in [0.25, 0.3) is 0 Å². The summed E-state index contributed by atoms with van der Waals surface area (Å²) >= 11 is 1.47. The molecule has 1 aliphatic carbocycles. The first kappa shape index (κ1) is 27.0. The number of hydrogen-bond acceptors (Lipinski definition) is 0. The molecule has 0 aliphatic heterocycles. The van der Waals surface area contributed by atoms with Gasteiger partial charge in [0.15, 0.2) is 0 Å². The van der Waals surface area contributed by atoms with Crippen LogP contribution in [-0.2, 0) is 17.9 Å². The van der Waals surface area contributed by atoms with Crippen LogP contribution in [0.15, 0.2) is 0 Å². The van der Waals surface area contributed by atoms with E-state index in [0.29, 0.717) is 15.8 Å². The molecular formula is C15H29Cl2IrP2+. The topological polar surface area (TPSA) is 0 Å². The quantitative estimate of drug-likeness (QED) is 0.478. The third-order valence-corrected chi connectivity index (χ3v) is 7.90. The molecule has 0 aromatic carbocycles. The van der Waals surface area contributed by atoms with E-state index in [0.717, 1.165) is 0 Å². The van der Waals surface area contributed by atoms with Crippen LogP contribution in [0.25, 0.3) is 0 Å². The van der Waals surface area contributed by atoms with E-state index < -0.39 is 0 Å². The van der Waals surface area contributed by atoms with E-state index in [1.807, 2.05) is 0 Å². The van der Waals surface area contributed by atoms with Gasteiger partial charge in [0.1, 0.15) is 0 Å². The fourth-order valence-corrected chi connectivity index (χ4v) is 6.50. The van der Waals surface area contributed by atoms with Crippen molar-refractivity contribution in [2.24, 2.45) is 0 Å². The molecule has 1 fully saturated rings. The number of halogens is 2. The molecule has 20 heavy (non-hydrogen) atoms. The minimum absolute atomic E-state index is 0. The van der Waals surface area contributed by atoms with Gasteiger partial charge in [0.05, 0.1) is 0 Å². The van der Waals surface area contributed by atoms with Gasteiger partial charge >= 0.3 is 27.5 Å². The van der Waals surface area contributed by atoms with Crippen LogP contribution in [0, 0.1) is 29.6 Å². The normalized spacial score (nSPS) is 18.4. The molecule has 0 heterocycles. The molecule has 5 radical (unpaired) electrons. The molecule has 1 saturated carbocycles. The molecule has 0 atom stereocenters. The zero-order valence-electron chi connectivity index (χ0n) is 14.2. The second-order valence-corrected chi connectivity index (χ2v) is 10.9. The minimum atomic E-state index is 0. The van der Waals surface area contributed by atoms with Crippen molar-refractivity contribution < 1.29 is 30.3 Å². The first-order valence-corrected chi connectivity index (χ1v) is 14.1. The summed E-state index contributed by atoms with van der Waals surface area (Å²) in [7, 11) is 5.42. The van der Waals surface area contributed by atoms with E-state index in [9.17, 15) is 0 Å². The summed E-state index contributed by atoms with van der Waals surface area (Å²) < 4.78 is 0. The molecule has 1 aliphatic rings. The Kier molecular flexibility index (Phi) is 19.8. The summed E-state index contributed by atoms with van der Waals surface area (Å²) in [4.78, 5) is 0. The van der Waals surface area contributed by atoms with E-state index in [-0.39, 0.29) is 12.4 Å². The zero-order chi connectivity index (χ0) is 15.7. The van der Waals surface area contributed by atoms with Crippen LogP contribution in [-0.4, -0.2) is 32.6 Å². The third-order valence-electron chi connectivity index (χ3n) is 3.38. The molecule has 0 nitrogen and oxygen atoms in total. The molecule has 0 spiro atoms. The average molecular weight is 534 g/mol. The Morgan fingerprint density at radius 2 is 0.800 bits per heavy atom. The van der Waals surface area contributed by atoms with Crippen molar-refractivity contribution in [1.29, 1.82) is 0 Å². The molecule has 0 saturated heterocycles. The van der Waals surface area contributed by atoms with Gasteiger partial charge in [-0.25, -0.2) is 0 Å². The second kappa shape index (κ2) is 14.7. The van der Waals surface area contributed by atoms with Crippen LogP contribution in [0.4, 0.5) is 0 Å². The number of rotatable bonds is 2. The third kappa shape index (κ3) is 10.8. The average Bonchev–Trinajstić information content (AvgIpc) is 2.49. The number of hydrogen-bond donors (Lipinski definition) is 0. The Morgan fingerprint density at radius 1 is 0.650 bits per heavy atom. The van der Waals surface area contributed by atoms with Gasteiger partial charge in [0, 0.05) is 0 Å². The van der Waals surface area contributed by atoms with Crippen LogP contribution < -0.4 is 12.4 Å². The first-order valence-electron chi connectivity index (χ1n) is 6.30. The van der Waals surface area contributed by atoms with Gasteiger partial charge in [-0.2, -0.15) is 0 Å². The maximum atomic E-state index is 4.64. The van der Waals surface area contributed by atoms with Gasteiger partial charge in [-0.3, -0.25) is 0 Å². The van der Waals surface area contributed by atoms with Crippen LogP contribution in [0.2, 0.25) is 0 Å².